The Hall–Kier alpha value is -3.10. The molecule has 0 amide bonds. The van der Waals surface area contributed by atoms with Crippen molar-refractivity contribution in [1.29, 1.82) is 0 Å². The number of fused-ring (bicyclic) bond motifs is 2. The number of ether oxygens (including phenoxy) is 7. The molecule has 0 saturated carbocycles. The van der Waals surface area contributed by atoms with Crippen LogP contribution in [0, 0.1) is 0 Å². The third-order valence-electron chi connectivity index (χ3n) is 8.49. The van der Waals surface area contributed by atoms with Crippen LogP contribution in [0.3, 0.4) is 0 Å². The molecule has 1 atom stereocenters. The van der Waals surface area contributed by atoms with Gasteiger partial charge in [-0.3, -0.25) is 9.80 Å². The predicted octanol–water partition coefficient (Wildman–Crippen LogP) is 6.06. The summed E-state index contributed by atoms with van der Waals surface area (Å²) in [5.41, 5.74) is 3.28. The maximum atomic E-state index is 6.44. The molecule has 0 N–H and O–H groups in total. The highest BCUT2D eigenvalue weighted by Gasteiger charge is 2.16. The van der Waals surface area contributed by atoms with E-state index in [0.29, 0.717) is 120 Å². The van der Waals surface area contributed by atoms with E-state index in [9.17, 15) is 0 Å². The zero-order valence-corrected chi connectivity index (χ0v) is 31.0. The van der Waals surface area contributed by atoms with Crippen molar-refractivity contribution in [3.63, 3.8) is 0 Å². The van der Waals surface area contributed by atoms with Crippen LogP contribution in [-0.2, 0) is 36.8 Å². The summed E-state index contributed by atoms with van der Waals surface area (Å²) in [4.78, 5) is 14.3. The molecule has 276 valence electrons. The van der Waals surface area contributed by atoms with Gasteiger partial charge >= 0.3 is 0 Å². The lowest BCUT2D eigenvalue weighted by molar-refractivity contribution is -0.0649. The van der Waals surface area contributed by atoms with Gasteiger partial charge in [0.25, 0.3) is 0 Å². The molecule has 2 aromatic heterocycles. The van der Waals surface area contributed by atoms with E-state index in [1.54, 1.807) is 20.3 Å². The molecule has 5 rings (SSSR count). The fourth-order valence-electron chi connectivity index (χ4n) is 5.79. The summed E-state index contributed by atoms with van der Waals surface area (Å²) in [6, 6.07) is 15.3. The van der Waals surface area contributed by atoms with E-state index in [1.165, 1.54) is 0 Å². The minimum Gasteiger partial charge on any atom is -0.494 e. The van der Waals surface area contributed by atoms with Crippen molar-refractivity contribution >= 4 is 45.0 Å². The van der Waals surface area contributed by atoms with Crippen LogP contribution in [0.25, 0.3) is 21.8 Å². The van der Waals surface area contributed by atoms with Crippen LogP contribution in [0.4, 0.5) is 0 Å². The first-order valence-electron chi connectivity index (χ1n) is 17.2. The largest absolute Gasteiger partial charge is 0.494 e. The van der Waals surface area contributed by atoms with E-state index < -0.39 is 0 Å². The van der Waals surface area contributed by atoms with Gasteiger partial charge in [0.1, 0.15) is 28.6 Å². The second kappa shape index (κ2) is 20.8. The number of nitrogens with zero attached hydrogens (tertiary/aromatic N) is 4. The number of pyridine rings is 2. The number of hydrogen-bond donors (Lipinski definition) is 0. The van der Waals surface area contributed by atoms with Gasteiger partial charge in [-0.05, 0) is 48.5 Å². The lowest BCUT2D eigenvalue weighted by Crippen LogP contribution is -2.35. The van der Waals surface area contributed by atoms with Crippen LogP contribution in [0.5, 0.6) is 11.5 Å². The number of hydrogen-bond acceptors (Lipinski definition) is 11. The maximum absolute atomic E-state index is 6.44. The van der Waals surface area contributed by atoms with Crippen LogP contribution >= 0.6 is 23.2 Å². The minimum atomic E-state index is -0.247. The number of methoxy groups -OCH3 is 2. The van der Waals surface area contributed by atoms with Gasteiger partial charge in [0, 0.05) is 50.0 Å². The Bertz CT molecular complexity index is 1700. The molecule has 0 aliphatic carbocycles. The summed E-state index contributed by atoms with van der Waals surface area (Å²) in [6.45, 7) is 12.0. The van der Waals surface area contributed by atoms with E-state index >= 15 is 0 Å². The van der Waals surface area contributed by atoms with E-state index in [2.05, 4.69) is 16.4 Å². The van der Waals surface area contributed by atoms with Crippen molar-refractivity contribution in [2.45, 2.75) is 19.2 Å². The summed E-state index contributed by atoms with van der Waals surface area (Å²) < 4.78 is 41.4. The lowest BCUT2D eigenvalue weighted by Gasteiger charge is -2.25. The van der Waals surface area contributed by atoms with Gasteiger partial charge < -0.3 is 33.2 Å². The van der Waals surface area contributed by atoms with Crippen LogP contribution in [0.2, 0.25) is 10.0 Å². The van der Waals surface area contributed by atoms with Gasteiger partial charge in [-0.25, -0.2) is 9.97 Å². The number of rotatable bonds is 10. The molecule has 1 aliphatic rings. The van der Waals surface area contributed by atoms with Crippen molar-refractivity contribution in [3.8, 4) is 11.5 Å². The fourth-order valence-corrected chi connectivity index (χ4v) is 6.22. The average molecular weight is 744 g/mol. The highest BCUT2D eigenvalue weighted by molar-refractivity contribution is 6.36. The molecular weight excluding hydrogens is 695 g/mol. The third kappa shape index (κ3) is 11.7. The van der Waals surface area contributed by atoms with Crippen LogP contribution < -0.4 is 9.47 Å². The Kier molecular flexibility index (Phi) is 16.0. The lowest BCUT2D eigenvalue weighted by atomic mass is 10.2. The highest BCUT2D eigenvalue weighted by Crippen LogP contribution is 2.31. The Morgan fingerprint density at radius 1 is 0.706 bits per heavy atom. The van der Waals surface area contributed by atoms with Gasteiger partial charge in [0.05, 0.1) is 95.1 Å². The van der Waals surface area contributed by atoms with Crippen LogP contribution in [0.1, 0.15) is 11.4 Å². The quantitative estimate of drug-likeness (QED) is 0.140. The molecular formula is C38H48Cl2N4O7. The third-order valence-corrected chi connectivity index (χ3v) is 9.15. The van der Waals surface area contributed by atoms with E-state index in [0.717, 1.165) is 33.2 Å². The number of benzene rings is 2. The van der Waals surface area contributed by atoms with Crippen LogP contribution in [-0.4, -0.2) is 126 Å². The molecule has 0 spiro atoms. The molecule has 3 heterocycles. The molecule has 13 heteroatoms. The monoisotopic (exact) mass is 742 g/mol. The topological polar surface area (TPSA) is 96.9 Å². The fraction of sp³-hybridized carbons (Fsp3) is 0.474. The molecule has 1 aliphatic heterocycles. The summed E-state index contributed by atoms with van der Waals surface area (Å²) in [5.74, 6) is 1.37. The van der Waals surface area contributed by atoms with Crippen LogP contribution in [0.15, 0.2) is 61.2 Å². The van der Waals surface area contributed by atoms with Crippen molar-refractivity contribution in [2.75, 3.05) is 99.9 Å². The molecule has 1 saturated heterocycles. The predicted molar refractivity (Wildman–Crippen MR) is 200 cm³/mol. The Morgan fingerprint density at radius 3 is 1.73 bits per heavy atom. The first-order chi connectivity index (χ1) is 25.0. The first kappa shape index (κ1) is 39.1. The molecule has 0 radical (unpaired) electrons. The van der Waals surface area contributed by atoms with E-state index in [1.807, 2.05) is 48.5 Å². The molecule has 11 nitrogen and oxygen atoms in total. The van der Waals surface area contributed by atoms with Gasteiger partial charge in [0.15, 0.2) is 0 Å². The number of halogens is 2. The molecule has 1 unspecified atom stereocenters. The Balaban J connectivity index is 1.22. The normalized spacial score (nSPS) is 18.3. The van der Waals surface area contributed by atoms with Gasteiger partial charge in [-0.15, -0.1) is 6.58 Å². The smallest absolute Gasteiger partial charge is 0.145 e. The van der Waals surface area contributed by atoms with Crippen molar-refractivity contribution in [1.82, 2.24) is 19.8 Å². The highest BCUT2D eigenvalue weighted by atomic mass is 35.5. The Labute approximate surface area is 310 Å². The zero-order valence-electron chi connectivity index (χ0n) is 29.5. The minimum absolute atomic E-state index is 0.247. The van der Waals surface area contributed by atoms with E-state index in [4.69, 9.17) is 66.3 Å². The summed E-state index contributed by atoms with van der Waals surface area (Å²) >= 11 is 12.9. The molecule has 0 bridgehead atoms. The average Bonchev–Trinajstić information content (AvgIpc) is 3.14. The summed E-state index contributed by atoms with van der Waals surface area (Å²) in [7, 11) is 3.27. The second-order valence-corrected chi connectivity index (χ2v) is 12.9. The van der Waals surface area contributed by atoms with Crippen molar-refractivity contribution in [2.24, 2.45) is 0 Å². The maximum Gasteiger partial charge on any atom is 0.145 e. The summed E-state index contributed by atoms with van der Waals surface area (Å²) in [6.07, 6.45) is 1.48. The molecule has 1 fully saturated rings. The molecule has 4 aromatic rings. The molecule has 2 aromatic carbocycles. The van der Waals surface area contributed by atoms with Gasteiger partial charge in [-0.2, -0.15) is 0 Å². The standard InChI is InChI=1S/C38H48Cl2N4O7/c1-4-17-49-26-30-27-50-20-15-43(24-28-5-7-31-33(39)9-11-35(45-2)37(31)41-28)13-18-47-22-23-48-19-14-44(16-21-51-30)25-29-6-8-32-34(40)10-12-36(46-3)38(32)42-29/h4-12,30H,1,13-27H2,2-3H3. The second-order valence-electron chi connectivity index (χ2n) is 12.1. The first-order valence-corrected chi connectivity index (χ1v) is 18.0. The van der Waals surface area contributed by atoms with Crippen molar-refractivity contribution in [3.05, 3.63) is 82.6 Å². The van der Waals surface area contributed by atoms with Crippen molar-refractivity contribution < 1.29 is 33.2 Å². The van der Waals surface area contributed by atoms with E-state index in [-0.39, 0.29) is 6.10 Å². The SMILES string of the molecule is C=CCOCC1COCCN(Cc2ccc3c(Cl)ccc(OC)c3n2)CCOCCOCCN(Cc2ccc3c(Cl)ccc(OC)c3n2)CCO1. The summed E-state index contributed by atoms with van der Waals surface area (Å²) in [5, 5.41) is 2.99. The molecule has 51 heavy (non-hydrogen) atoms. The van der Waals surface area contributed by atoms with Gasteiger partial charge in [0.2, 0.25) is 0 Å². The zero-order chi connectivity index (χ0) is 35.8. The number of aromatic nitrogens is 2. The van der Waals surface area contributed by atoms with Gasteiger partial charge in [-0.1, -0.05) is 29.3 Å². The Morgan fingerprint density at radius 2 is 1.22 bits per heavy atom.